The fourth-order valence-electron chi connectivity index (χ4n) is 3.38. The van der Waals surface area contributed by atoms with Gasteiger partial charge in [0.15, 0.2) is 5.13 Å². The maximum atomic E-state index is 12.4. The first-order chi connectivity index (χ1) is 13.3. The van der Waals surface area contributed by atoms with E-state index in [0.717, 1.165) is 31.3 Å². The minimum atomic E-state index is 0. The largest absolute Gasteiger partial charge is 0.367 e. The Hall–Kier alpha value is -2.86. The molecule has 5 nitrogen and oxygen atoms in total. The van der Waals surface area contributed by atoms with Gasteiger partial charge in [-0.25, -0.2) is 4.98 Å². The summed E-state index contributed by atoms with van der Waals surface area (Å²) in [6.45, 7) is 3.46. The monoisotopic (exact) mass is 380 g/mol. The first kappa shape index (κ1) is 17.5. The third-order valence-electron chi connectivity index (χ3n) is 4.79. The highest BCUT2D eigenvalue weighted by atomic mass is 32.1. The molecule has 4 rings (SSSR count). The van der Waals surface area contributed by atoms with E-state index in [9.17, 15) is 4.79 Å². The second-order valence-corrected chi connectivity index (χ2v) is 7.34. The van der Waals surface area contributed by atoms with Crippen molar-refractivity contribution in [2.24, 2.45) is 0 Å². The van der Waals surface area contributed by atoms with Crippen LogP contribution in [0.4, 0.5) is 10.8 Å². The molecule has 1 saturated heterocycles. The van der Waals surface area contributed by atoms with Crippen LogP contribution in [0.25, 0.3) is 11.1 Å². The number of benzene rings is 2. The Morgan fingerprint density at radius 1 is 1.04 bits per heavy atom. The highest BCUT2D eigenvalue weighted by Crippen LogP contribution is 2.31. The van der Waals surface area contributed by atoms with E-state index < -0.39 is 0 Å². The Kier molecular flexibility index (Phi) is 5.34. The molecule has 1 aliphatic rings. The molecule has 0 bridgehead atoms. The Balaban J connectivity index is 0.00000225. The highest BCUT2D eigenvalue weighted by Gasteiger charge is 2.22. The molecule has 140 valence electrons. The van der Waals surface area contributed by atoms with Gasteiger partial charge in [-0.1, -0.05) is 48.5 Å². The molecule has 1 N–H and O–H groups in total. The number of carbonyl (C=O) groups excluding carboxylic acids is 1. The minimum absolute atomic E-state index is 0. The Bertz CT molecular complexity index is 880. The fraction of sp³-hybridized carbons (Fsp3) is 0.238. The van der Waals surface area contributed by atoms with Crippen LogP contribution in [0, 0.1) is 0 Å². The van der Waals surface area contributed by atoms with Gasteiger partial charge in [0.25, 0.3) is 0 Å². The third kappa shape index (κ3) is 4.11. The summed E-state index contributed by atoms with van der Waals surface area (Å²) in [5.74, 6) is 0.126. The number of thiazole rings is 1. The van der Waals surface area contributed by atoms with Gasteiger partial charge in [-0.2, -0.15) is 0 Å². The molecular formula is C21H24N4OS. The van der Waals surface area contributed by atoms with E-state index in [2.05, 4.69) is 63.7 Å². The number of amides is 1. The second-order valence-electron chi connectivity index (χ2n) is 6.44. The molecule has 3 aromatic rings. The molecule has 0 atom stereocenters. The summed E-state index contributed by atoms with van der Waals surface area (Å²) in [4.78, 5) is 20.9. The zero-order valence-electron chi connectivity index (χ0n) is 15.0. The summed E-state index contributed by atoms with van der Waals surface area (Å²) in [6.07, 6.45) is 1.74. The Morgan fingerprint density at radius 2 is 1.78 bits per heavy atom. The van der Waals surface area contributed by atoms with Crippen molar-refractivity contribution in [2.45, 2.75) is 0 Å². The summed E-state index contributed by atoms with van der Waals surface area (Å²) in [7, 11) is 0. The zero-order chi connectivity index (χ0) is 18.5. The summed E-state index contributed by atoms with van der Waals surface area (Å²) in [6, 6.07) is 19.0. The number of aromatic nitrogens is 1. The maximum absolute atomic E-state index is 12.4. The fourth-order valence-corrected chi connectivity index (χ4v) is 3.91. The molecule has 2 heterocycles. The van der Waals surface area contributed by atoms with E-state index in [4.69, 9.17) is 0 Å². The van der Waals surface area contributed by atoms with Crippen LogP contribution in [0.3, 0.4) is 0 Å². The van der Waals surface area contributed by atoms with Gasteiger partial charge in [0.05, 0.1) is 6.54 Å². The quantitative estimate of drug-likeness (QED) is 0.731. The van der Waals surface area contributed by atoms with Crippen molar-refractivity contribution in [3.8, 4) is 11.1 Å². The topological polar surface area (TPSA) is 48.5 Å². The normalized spacial score (nSPS) is 14.2. The van der Waals surface area contributed by atoms with Crippen molar-refractivity contribution in [1.82, 2.24) is 9.88 Å². The number of anilines is 2. The van der Waals surface area contributed by atoms with Crippen molar-refractivity contribution in [3.63, 3.8) is 0 Å². The lowest BCUT2D eigenvalue weighted by Crippen LogP contribution is -2.50. The second kappa shape index (κ2) is 8.22. The molecule has 6 heteroatoms. The van der Waals surface area contributed by atoms with E-state index in [1.807, 2.05) is 16.3 Å². The number of para-hydroxylation sites is 1. The lowest BCUT2D eigenvalue weighted by Gasteiger charge is -2.37. The number of hydrogen-bond acceptors (Lipinski definition) is 5. The van der Waals surface area contributed by atoms with Gasteiger partial charge in [0.2, 0.25) is 5.91 Å². The van der Waals surface area contributed by atoms with Crippen LogP contribution in [0.5, 0.6) is 0 Å². The number of piperazine rings is 1. The molecular weight excluding hydrogens is 356 g/mol. The lowest BCUT2D eigenvalue weighted by molar-refractivity contribution is -0.129. The van der Waals surface area contributed by atoms with Gasteiger partial charge in [-0.05, 0) is 11.6 Å². The minimum Gasteiger partial charge on any atom is -0.367 e. The van der Waals surface area contributed by atoms with Gasteiger partial charge < -0.3 is 15.1 Å². The smallest absolute Gasteiger partial charge is 0.242 e. The van der Waals surface area contributed by atoms with Crippen LogP contribution in [-0.4, -0.2) is 48.5 Å². The van der Waals surface area contributed by atoms with E-state index in [0.29, 0.717) is 6.54 Å². The molecule has 0 aliphatic carbocycles. The van der Waals surface area contributed by atoms with Crippen molar-refractivity contribution in [2.75, 3.05) is 42.9 Å². The molecule has 1 aromatic heterocycles. The highest BCUT2D eigenvalue weighted by molar-refractivity contribution is 7.13. The molecule has 1 amide bonds. The summed E-state index contributed by atoms with van der Waals surface area (Å²) < 4.78 is 0. The molecule has 1 fully saturated rings. The van der Waals surface area contributed by atoms with Gasteiger partial charge in [0.1, 0.15) is 0 Å². The SMILES string of the molecule is O=C(CNc1nccs1)N1CCN(c2ccccc2-c2ccccc2)CC1.[HH]. The van der Waals surface area contributed by atoms with Crippen LogP contribution >= 0.6 is 11.3 Å². The van der Waals surface area contributed by atoms with Crippen LogP contribution in [-0.2, 0) is 4.79 Å². The molecule has 27 heavy (non-hydrogen) atoms. The standard InChI is InChI=1S/C21H22N4OS.H2/c26-20(16-23-21-22-10-15-27-21)25-13-11-24(12-14-25)19-9-5-4-8-18(19)17-6-2-1-3-7-17;/h1-10,15H,11-14,16H2,(H,22,23);1H. The van der Waals surface area contributed by atoms with Crippen molar-refractivity contribution < 1.29 is 6.22 Å². The maximum Gasteiger partial charge on any atom is 0.242 e. The van der Waals surface area contributed by atoms with E-state index in [1.54, 1.807) is 6.20 Å². The molecule has 1 aliphatic heterocycles. The summed E-state index contributed by atoms with van der Waals surface area (Å²) in [5.41, 5.74) is 3.69. The third-order valence-corrected chi connectivity index (χ3v) is 5.52. The predicted molar refractivity (Wildman–Crippen MR) is 113 cm³/mol. The lowest BCUT2D eigenvalue weighted by atomic mass is 10.0. The predicted octanol–water partition coefficient (Wildman–Crippen LogP) is 3.82. The van der Waals surface area contributed by atoms with Gasteiger partial charge >= 0.3 is 0 Å². The molecule has 0 radical (unpaired) electrons. The van der Waals surface area contributed by atoms with Crippen molar-refractivity contribution >= 4 is 28.1 Å². The number of carbonyl (C=O) groups is 1. The van der Waals surface area contributed by atoms with Crippen LogP contribution in [0.2, 0.25) is 0 Å². The average molecular weight is 381 g/mol. The number of rotatable bonds is 5. The first-order valence-electron chi connectivity index (χ1n) is 9.12. The molecule has 0 saturated carbocycles. The van der Waals surface area contributed by atoms with E-state index >= 15 is 0 Å². The van der Waals surface area contributed by atoms with Crippen molar-refractivity contribution in [3.05, 3.63) is 66.2 Å². The zero-order valence-corrected chi connectivity index (χ0v) is 15.9. The number of nitrogens with one attached hydrogen (secondary N) is 1. The average Bonchev–Trinajstić information content (AvgIpc) is 3.26. The number of nitrogens with zero attached hydrogens (tertiary/aromatic N) is 3. The Morgan fingerprint density at radius 3 is 2.52 bits per heavy atom. The van der Waals surface area contributed by atoms with Crippen molar-refractivity contribution in [1.29, 1.82) is 0 Å². The van der Waals surface area contributed by atoms with Gasteiger partial charge in [0, 0.05) is 50.4 Å². The molecule has 0 spiro atoms. The number of hydrogen-bond donors (Lipinski definition) is 1. The molecule has 0 unspecified atom stereocenters. The first-order valence-corrected chi connectivity index (χ1v) is 10.00. The van der Waals surface area contributed by atoms with Gasteiger partial charge in [-0.15, -0.1) is 11.3 Å². The van der Waals surface area contributed by atoms with Crippen LogP contribution < -0.4 is 10.2 Å². The van der Waals surface area contributed by atoms with Crippen LogP contribution in [0.1, 0.15) is 1.43 Å². The van der Waals surface area contributed by atoms with Crippen LogP contribution in [0.15, 0.2) is 66.2 Å². The van der Waals surface area contributed by atoms with Gasteiger partial charge in [-0.3, -0.25) is 4.79 Å². The molecule has 2 aromatic carbocycles. The van der Waals surface area contributed by atoms with E-state index in [1.165, 1.54) is 28.2 Å². The Labute approximate surface area is 164 Å². The van der Waals surface area contributed by atoms with E-state index in [-0.39, 0.29) is 7.33 Å². The summed E-state index contributed by atoms with van der Waals surface area (Å²) >= 11 is 1.51. The summed E-state index contributed by atoms with van der Waals surface area (Å²) in [5, 5.41) is 5.79.